The lowest BCUT2D eigenvalue weighted by molar-refractivity contribution is -0.144. The normalized spacial score (nSPS) is 11.0. The Bertz CT molecular complexity index is 96.4. The van der Waals surface area contributed by atoms with Crippen LogP contribution in [0.2, 0.25) is 0 Å². The lowest BCUT2D eigenvalue weighted by Gasteiger charge is -2.05. The minimum atomic E-state index is -0.440. The molecule has 0 heterocycles. The topological polar surface area (TPSA) is 78.3 Å². The molecule has 0 fully saturated rings. The van der Waals surface area contributed by atoms with Crippen molar-refractivity contribution in [2.75, 3.05) is 13.7 Å². The SMILES string of the molecule is CCOC(=O)C(N)CC.CN. The summed E-state index contributed by atoms with van der Waals surface area (Å²) in [5.74, 6) is -0.306. The molecule has 11 heavy (non-hydrogen) atoms. The molecule has 0 amide bonds. The summed E-state index contributed by atoms with van der Waals surface area (Å²) in [6.45, 7) is 4.02. The largest absolute Gasteiger partial charge is 0.465 e. The fourth-order valence-electron chi connectivity index (χ4n) is 0.416. The first kappa shape index (κ1) is 13.0. The molecule has 0 spiro atoms. The predicted molar refractivity (Wildman–Crippen MR) is 45.0 cm³/mol. The van der Waals surface area contributed by atoms with Crippen molar-refractivity contribution in [3.8, 4) is 0 Å². The highest BCUT2D eigenvalue weighted by Gasteiger charge is 2.10. The van der Waals surface area contributed by atoms with Gasteiger partial charge in [-0.2, -0.15) is 0 Å². The average molecular weight is 162 g/mol. The molecule has 0 saturated carbocycles. The standard InChI is InChI=1S/C6H13NO2.CH5N/c1-3-5(7)6(8)9-4-2;1-2/h5H,3-4,7H2,1-2H3;2H2,1H3. The Kier molecular flexibility index (Phi) is 11.1. The van der Waals surface area contributed by atoms with Gasteiger partial charge in [0, 0.05) is 0 Å². The summed E-state index contributed by atoms with van der Waals surface area (Å²) >= 11 is 0. The van der Waals surface area contributed by atoms with E-state index in [9.17, 15) is 4.79 Å². The number of esters is 1. The number of nitrogens with two attached hydrogens (primary N) is 2. The summed E-state index contributed by atoms with van der Waals surface area (Å²) in [5, 5.41) is 0. The third-order valence-electron chi connectivity index (χ3n) is 1.03. The van der Waals surface area contributed by atoms with Crippen LogP contribution in [0.25, 0.3) is 0 Å². The summed E-state index contributed by atoms with van der Waals surface area (Å²) in [6, 6.07) is -0.440. The number of carbonyl (C=O) groups excluding carboxylic acids is 1. The molecule has 0 bridgehead atoms. The summed E-state index contributed by atoms with van der Waals surface area (Å²) in [6.07, 6.45) is 0.638. The zero-order valence-corrected chi connectivity index (χ0v) is 7.46. The van der Waals surface area contributed by atoms with Crippen LogP contribution >= 0.6 is 0 Å². The van der Waals surface area contributed by atoms with Crippen molar-refractivity contribution >= 4 is 5.97 Å². The molecule has 4 nitrogen and oxygen atoms in total. The zero-order valence-electron chi connectivity index (χ0n) is 7.46. The van der Waals surface area contributed by atoms with Crippen LogP contribution in [0.4, 0.5) is 0 Å². The van der Waals surface area contributed by atoms with Gasteiger partial charge < -0.3 is 16.2 Å². The highest BCUT2D eigenvalue weighted by atomic mass is 16.5. The molecule has 0 aliphatic carbocycles. The van der Waals surface area contributed by atoms with Crippen LogP contribution in [0.1, 0.15) is 20.3 Å². The van der Waals surface area contributed by atoms with E-state index >= 15 is 0 Å². The maximum atomic E-state index is 10.6. The van der Waals surface area contributed by atoms with Crippen LogP contribution in [0.3, 0.4) is 0 Å². The zero-order chi connectivity index (χ0) is 9.28. The summed E-state index contributed by atoms with van der Waals surface area (Å²) < 4.78 is 4.63. The van der Waals surface area contributed by atoms with Crippen LogP contribution in [0.15, 0.2) is 0 Å². The number of hydrogen-bond donors (Lipinski definition) is 2. The van der Waals surface area contributed by atoms with E-state index in [0.717, 1.165) is 0 Å². The maximum Gasteiger partial charge on any atom is 0.322 e. The van der Waals surface area contributed by atoms with E-state index in [1.54, 1.807) is 6.92 Å². The van der Waals surface area contributed by atoms with Crippen LogP contribution < -0.4 is 11.5 Å². The van der Waals surface area contributed by atoms with E-state index in [0.29, 0.717) is 13.0 Å². The molecule has 0 aliphatic rings. The molecule has 1 atom stereocenters. The Hall–Kier alpha value is -0.610. The second-order valence-corrected chi connectivity index (χ2v) is 1.77. The molecule has 4 heteroatoms. The summed E-state index contributed by atoms with van der Waals surface area (Å²) in [4.78, 5) is 10.6. The molecule has 0 aromatic carbocycles. The summed E-state index contributed by atoms with van der Waals surface area (Å²) in [7, 11) is 1.50. The van der Waals surface area contributed by atoms with Gasteiger partial charge in [0.15, 0.2) is 0 Å². The Morgan fingerprint density at radius 1 is 1.45 bits per heavy atom. The first-order valence-electron chi connectivity index (χ1n) is 3.72. The second-order valence-electron chi connectivity index (χ2n) is 1.77. The van der Waals surface area contributed by atoms with Gasteiger partial charge in [0.05, 0.1) is 6.61 Å². The molecule has 0 saturated heterocycles. The number of ether oxygens (including phenoxy) is 1. The van der Waals surface area contributed by atoms with E-state index in [1.807, 2.05) is 6.92 Å². The average Bonchev–Trinajstić information content (AvgIpc) is 2.07. The Balaban J connectivity index is 0. The lowest BCUT2D eigenvalue weighted by atomic mass is 10.2. The van der Waals surface area contributed by atoms with Crippen LogP contribution in [-0.4, -0.2) is 25.7 Å². The number of carbonyl (C=O) groups is 1. The van der Waals surface area contributed by atoms with Gasteiger partial charge in [-0.15, -0.1) is 0 Å². The Morgan fingerprint density at radius 2 is 1.91 bits per heavy atom. The molecule has 68 valence electrons. The monoisotopic (exact) mass is 162 g/mol. The van der Waals surface area contributed by atoms with Crippen LogP contribution in [-0.2, 0) is 9.53 Å². The molecule has 0 aliphatic heterocycles. The van der Waals surface area contributed by atoms with Gasteiger partial charge in [-0.3, -0.25) is 4.79 Å². The molecule has 0 aromatic heterocycles. The van der Waals surface area contributed by atoms with E-state index in [-0.39, 0.29) is 5.97 Å². The van der Waals surface area contributed by atoms with Crippen LogP contribution in [0, 0.1) is 0 Å². The predicted octanol–water partition coefficient (Wildman–Crippen LogP) is -0.138. The third-order valence-corrected chi connectivity index (χ3v) is 1.03. The van der Waals surface area contributed by atoms with E-state index in [1.165, 1.54) is 7.05 Å². The van der Waals surface area contributed by atoms with Crippen molar-refractivity contribution < 1.29 is 9.53 Å². The molecular formula is C7H18N2O2. The van der Waals surface area contributed by atoms with E-state index < -0.39 is 6.04 Å². The fraction of sp³-hybridized carbons (Fsp3) is 0.857. The number of hydrogen-bond acceptors (Lipinski definition) is 4. The lowest BCUT2D eigenvalue weighted by Crippen LogP contribution is -2.31. The van der Waals surface area contributed by atoms with Crippen molar-refractivity contribution in [2.24, 2.45) is 11.5 Å². The third kappa shape index (κ3) is 7.29. The first-order valence-corrected chi connectivity index (χ1v) is 3.72. The molecule has 0 aromatic rings. The van der Waals surface area contributed by atoms with Crippen molar-refractivity contribution in [3.63, 3.8) is 0 Å². The minimum Gasteiger partial charge on any atom is -0.465 e. The number of rotatable bonds is 3. The molecular weight excluding hydrogens is 144 g/mol. The Morgan fingerprint density at radius 3 is 2.18 bits per heavy atom. The van der Waals surface area contributed by atoms with Crippen molar-refractivity contribution in [2.45, 2.75) is 26.3 Å². The van der Waals surface area contributed by atoms with Gasteiger partial charge in [-0.05, 0) is 20.4 Å². The van der Waals surface area contributed by atoms with Crippen molar-refractivity contribution in [1.82, 2.24) is 0 Å². The highest BCUT2D eigenvalue weighted by Crippen LogP contribution is 1.89. The Labute approximate surface area is 67.9 Å². The van der Waals surface area contributed by atoms with Crippen molar-refractivity contribution in [3.05, 3.63) is 0 Å². The van der Waals surface area contributed by atoms with Crippen molar-refractivity contribution in [1.29, 1.82) is 0 Å². The van der Waals surface area contributed by atoms with Crippen LogP contribution in [0.5, 0.6) is 0 Å². The molecule has 0 rings (SSSR count). The van der Waals surface area contributed by atoms with Gasteiger partial charge in [0.25, 0.3) is 0 Å². The maximum absolute atomic E-state index is 10.6. The van der Waals surface area contributed by atoms with Gasteiger partial charge in [-0.1, -0.05) is 6.92 Å². The summed E-state index contributed by atoms with van der Waals surface area (Å²) in [5.41, 5.74) is 9.83. The smallest absolute Gasteiger partial charge is 0.322 e. The highest BCUT2D eigenvalue weighted by molar-refractivity contribution is 5.75. The second kappa shape index (κ2) is 9.39. The van der Waals surface area contributed by atoms with E-state index in [4.69, 9.17) is 5.73 Å². The quantitative estimate of drug-likeness (QED) is 0.566. The minimum absolute atomic E-state index is 0.306. The molecule has 0 radical (unpaired) electrons. The van der Waals surface area contributed by atoms with Gasteiger partial charge in [-0.25, -0.2) is 0 Å². The molecule has 1 unspecified atom stereocenters. The first-order chi connectivity index (χ1) is 5.22. The fourth-order valence-corrected chi connectivity index (χ4v) is 0.416. The van der Waals surface area contributed by atoms with Gasteiger partial charge in [0.1, 0.15) is 6.04 Å². The molecule has 4 N–H and O–H groups in total. The van der Waals surface area contributed by atoms with E-state index in [2.05, 4.69) is 10.5 Å². The van der Waals surface area contributed by atoms with Gasteiger partial charge in [0.2, 0.25) is 0 Å². The van der Waals surface area contributed by atoms with Gasteiger partial charge >= 0.3 is 5.97 Å².